The van der Waals surface area contributed by atoms with Gasteiger partial charge < -0.3 is 5.73 Å². The Morgan fingerprint density at radius 1 is 1.42 bits per heavy atom. The Labute approximate surface area is 138 Å². The molecule has 0 saturated carbocycles. The van der Waals surface area contributed by atoms with E-state index in [1.165, 1.54) is 10.4 Å². The fourth-order valence-electron chi connectivity index (χ4n) is 2.79. The van der Waals surface area contributed by atoms with Crippen LogP contribution in [0.5, 0.6) is 0 Å². The summed E-state index contributed by atoms with van der Waals surface area (Å²) >= 11 is 0. The molecule has 0 bridgehead atoms. The highest BCUT2D eigenvalue weighted by atomic mass is 32.2. The molecule has 9 heteroatoms. The zero-order valence-corrected chi connectivity index (χ0v) is 13.9. The molecule has 1 heterocycles. The van der Waals surface area contributed by atoms with Crippen molar-refractivity contribution in [3.05, 3.63) is 29.3 Å². The van der Waals surface area contributed by atoms with Crippen LogP contribution in [0.2, 0.25) is 0 Å². The summed E-state index contributed by atoms with van der Waals surface area (Å²) in [4.78, 5) is -0.459. The van der Waals surface area contributed by atoms with Gasteiger partial charge in [0.25, 0.3) is 0 Å². The Morgan fingerprint density at radius 3 is 2.62 bits per heavy atom. The molecule has 1 fully saturated rings. The van der Waals surface area contributed by atoms with E-state index in [0.29, 0.717) is 12.5 Å². The minimum Gasteiger partial charge on any atom is -0.328 e. The summed E-state index contributed by atoms with van der Waals surface area (Å²) in [5.41, 5.74) is 3.98. The van der Waals surface area contributed by atoms with Crippen LogP contribution in [0, 0.1) is 17.2 Å². The number of benzene rings is 1. The fraction of sp³-hybridized carbons (Fsp3) is 0.533. The molecule has 5 nitrogen and oxygen atoms in total. The van der Waals surface area contributed by atoms with Crippen molar-refractivity contribution in [3.8, 4) is 6.07 Å². The molecule has 0 aliphatic carbocycles. The van der Waals surface area contributed by atoms with E-state index in [1.54, 1.807) is 6.92 Å². The molecule has 1 aromatic rings. The lowest BCUT2D eigenvalue weighted by Gasteiger charge is -2.33. The number of nitrogens with two attached hydrogens (primary N) is 1. The van der Waals surface area contributed by atoms with Crippen molar-refractivity contribution in [1.29, 1.82) is 5.26 Å². The molecule has 2 atom stereocenters. The second kappa shape index (κ2) is 6.70. The van der Waals surface area contributed by atoms with Crippen LogP contribution in [0.3, 0.4) is 0 Å². The third-order valence-electron chi connectivity index (χ3n) is 4.22. The molecule has 0 aromatic heterocycles. The number of piperidine rings is 1. The molecule has 2 N–H and O–H groups in total. The van der Waals surface area contributed by atoms with Gasteiger partial charge in [-0.05, 0) is 43.9 Å². The number of rotatable bonds is 3. The Kier molecular flexibility index (Phi) is 5.22. The number of alkyl halides is 3. The third kappa shape index (κ3) is 3.71. The maximum Gasteiger partial charge on any atom is 0.417 e. The summed E-state index contributed by atoms with van der Waals surface area (Å²) in [5, 5.41) is 8.80. The normalized spacial score (nSPS) is 21.2. The molecule has 1 aromatic carbocycles. The highest BCUT2D eigenvalue weighted by Gasteiger charge is 2.37. The summed E-state index contributed by atoms with van der Waals surface area (Å²) in [6.07, 6.45) is -3.41. The van der Waals surface area contributed by atoms with Gasteiger partial charge in [-0.2, -0.15) is 22.7 Å². The van der Waals surface area contributed by atoms with Gasteiger partial charge in [-0.3, -0.25) is 0 Å². The van der Waals surface area contributed by atoms with Crippen LogP contribution in [0.25, 0.3) is 0 Å². The predicted molar refractivity (Wildman–Crippen MR) is 81.3 cm³/mol. The van der Waals surface area contributed by atoms with E-state index in [2.05, 4.69) is 0 Å². The zero-order valence-electron chi connectivity index (χ0n) is 13.0. The van der Waals surface area contributed by atoms with Gasteiger partial charge in [0.2, 0.25) is 10.0 Å². The quantitative estimate of drug-likeness (QED) is 0.895. The number of hydrogen-bond donors (Lipinski definition) is 1. The molecule has 1 aliphatic heterocycles. The minimum absolute atomic E-state index is 0.0333. The average Bonchev–Trinajstić information content (AvgIpc) is 2.53. The second-order valence-corrected chi connectivity index (χ2v) is 7.88. The summed E-state index contributed by atoms with van der Waals surface area (Å²) in [7, 11) is -4.07. The molecule has 24 heavy (non-hydrogen) atoms. The smallest absolute Gasteiger partial charge is 0.328 e. The maximum absolute atomic E-state index is 13.0. The van der Waals surface area contributed by atoms with E-state index in [1.807, 2.05) is 0 Å². The van der Waals surface area contributed by atoms with Crippen molar-refractivity contribution < 1.29 is 21.6 Å². The molecule has 0 amide bonds. The van der Waals surface area contributed by atoms with Crippen molar-refractivity contribution in [3.63, 3.8) is 0 Å². The Hall–Kier alpha value is -1.63. The van der Waals surface area contributed by atoms with E-state index in [4.69, 9.17) is 11.0 Å². The predicted octanol–water partition coefficient (Wildman–Crippen LogP) is 2.32. The van der Waals surface area contributed by atoms with Gasteiger partial charge in [0, 0.05) is 19.1 Å². The van der Waals surface area contributed by atoms with Crippen LogP contribution in [0.4, 0.5) is 13.2 Å². The van der Waals surface area contributed by atoms with Crippen LogP contribution >= 0.6 is 0 Å². The van der Waals surface area contributed by atoms with Gasteiger partial charge in [0.15, 0.2) is 0 Å². The van der Waals surface area contributed by atoms with Crippen molar-refractivity contribution in [2.75, 3.05) is 13.1 Å². The van der Waals surface area contributed by atoms with Crippen LogP contribution < -0.4 is 5.73 Å². The SMILES string of the molecule is C[C@@H](N)[C@@H]1CCCN(S(=O)(=O)c2ccc(C#N)c(C(F)(F)F)c2)C1. The molecule has 1 saturated heterocycles. The van der Waals surface area contributed by atoms with E-state index in [9.17, 15) is 21.6 Å². The van der Waals surface area contributed by atoms with Gasteiger partial charge in [0.05, 0.1) is 22.1 Å². The molecule has 132 valence electrons. The van der Waals surface area contributed by atoms with Crippen molar-refractivity contribution in [1.82, 2.24) is 4.31 Å². The number of halogens is 3. The van der Waals surface area contributed by atoms with Gasteiger partial charge in [-0.25, -0.2) is 8.42 Å². The largest absolute Gasteiger partial charge is 0.417 e. The third-order valence-corrected chi connectivity index (χ3v) is 6.08. The Morgan fingerprint density at radius 2 is 2.08 bits per heavy atom. The highest BCUT2D eigenvalue weighted by molar-refractivity contribution is 7.89. The maximum atomic E-state index is 13.0. The van der Waals surface area contributed by atoms with Gasteiger partial charge in [-0.1, -0.05) is 0 Å². The van der Waals surface area contributed by atoms with E-state index >= 15 is 0 Å². The standard InChI is InChI=1S/C15H18F3N3O2S/c1-10(20)12-3-2-6-21(9-12)24(22,23)13-5-4-11(8-19)14(7-13)15(16,17)18/h4-5,7,10,12H,2-3,6,9,20H2,1H3/t10-,12-/m1/s1. The molecular formula is C15H18F3N3O2S. The lowest BCUT2D eigenvalue weighted by atomic mass is 9.93. The first-order valence-electron chi connectivity index (χ1n) is 7.44. The molecule has 1 aliphatic rings. The zero-order chi connectivity index (χ0) is 18.1. The molecule has 0 radical (unpaired) electrons. The summed E-state index contributed by atoms with van der Waals surface area (Å²) in [6.45, 7) is 2.21. The second-order valence-electron chi connectivity index (χ2n) is 5.94. The average molecular weight is 361 g/mol. The lowest BCUT2D eigenvalue weighted by Crippen LogP contribution is -2.45. The van der Waals surface area contributed by atoms with Crippen LogP contribution in [0.15, 0.2) is 23.1 Å². The topological polar surface area (TPSA) is 87.2 Å². The van der Waals surface area contributed by atoms with Gasteiger partial charge in [-0.15, -0.1) is 0 Å². The molecule has 0 unspecified atom stereocenters. The first-order valence-corrected chi connectivity index (χ1v) is 8.88. The molecule has 0 spiro atoms. The fourth-order valence-corrected chi connectivity index (χ4v) is 4.35. The lowest BCUT2D eigenvalue weighted by molar-refractivity contribution is -0.137. The van der Waals surface area contributed by atoms with Crippen LogP contribution in [0.1, 0.15) is 30.9 Å². The summed E-state index contributed by atoms with van der Waals surface area (Å²) < 4.78 is 65.6. The van der Waals surface area contributed by atoms with Crippen molar-refractivity contribution in [2.45, 2.75) is 36.9 Å². The number of nitriles is 1. The Balaban J connectivity index is 2.41. The van der Waals surface area contributed by atoms with Gasteiger partial charge >= 0.3 is 6.18 Å². The van der Waals surface area contributed by atoms with Crippen molar-refractivity contribution in [2.24, 2.45) is 11.7 Å². The van der Waals surface area contributed by atoms with Crippen LogP contribution in [-0.2, 0) is 16.2 Å². The number of nitrogens with zero attached hydrogens (tertiary/aromatic N) is 2. The first kappa shape index (κ1) is 18.7. The molecular weight excluding hydrogens is 343 g/mol. The van der Waals surface area contributed by atoms with E-state index < -0.39 is 32.2 Å². The molecule has 2 rings (SSSR count). The van der Waals surface area contributed by atoms with Crippen molar-refractivity contribution >= 4 is 10.0 Å². The van der Waals surface area contributed by atoms with E-state index in [-0.39, 0.29) is 25.0 Å². The highest BCUT2D eigenvalue weighted by Crippen LogP contribution is 2.34. The van der Waals surface area contributed by atoms with Gasteiger partial charge in [0.1, 0.15) is 0 Å². The van der Waals surface area contributed by atoms with Crippen LogP contribution in [-0.4, -0.2) is 31.9 Å². The Bertz CT molecular complexity index is 754. The summed E-state index contributed by atoms with van der Waals surface area (Å²) in [6, 6.07) is 3.70. The monoisotopic (exact) mass is 361 g/mol. The minimum atomic E-state index is -4.80. The first-order chi connectivity index (χ1) is 11.1. The van der Waals surface area contributed by atoms with E-state index in [0.717, 1.165) is 18.6 Å². The summed E-state index contributed by atoms with van der Waals surface area (Å²) in [5.74, 6) is -0.0333. The number of sulfonamides is 1. The number of hydrogen-bond acceptors (Lipinski definition) is 4.